The fourth-order valence-corrected chi connectivity index (χ4v) is 15.2. The highest BCUT2D eigenvalue weighted by Gasteiger charge is 2.34. The summed E-state index contributed by atoms with van der Waals surface area (Å²) in [5.74, 6) is 0. The molecule has 0 aromatic heterocycles. The molecule has 0 N–H and O–H groups in total. The van der Waals surface area contributed by atoms with Crippen LogP contribution in [0.5, 0.6) is 0 Å². The molecule has 0 radical (unpaired) electrons. The Bertz CT molecular complexity index is 3510. The van der Waals surface area contributed by atoms with Crippen molar-refractivity contribution in [2.75, 3.05) is 0 Å². The summed E-state index contributed by atoms with van der Waals surface area (Å²) in [5.41, 5.74) is 4.49. The van der Waals surface area contributed by atoms with E-state index in [-0.39, 0.29) is 10.8 Å². The predicted octanol–water partition coefficient (Wildman–Crippen LogP) is 13.8. The molecule has 0 bridgehead atoms. The first-order valence-electron chi connectivity index (χ1n) is 22.2. The zero-order chi connectivity index (χ0) is 44.4. The van der Waals surface area contributed by atoms with E-state index < -0.39 is 14.3 Å². The third-order valence-electron chi connectivity index (χ3n) is 13.1. The molecule has 0 heterocycles. The summed E-state index contributed by atoms with van der Waals surface area (Å²) in [6, 6.07) is 71.4. The lowest BCUT2D eigenvalue weighted by Crippen LogP contribution is -2.27. The molecule has 0 aliphatic rings. The van der Waals surface area contributed by atoms with Crippen LogP contribution in [0.1, 0.15) is 52.7 Å². The van der Waals surface area contributed by atoms with Crippen molar-refractivity contribution in [2.24, 2.45) is 0 Å². The molecule has 0 saturated carbocycles. The van der Waals surface area contributed by atoms with Crippen LogP contribution in [0, 0.1) is 0 Å². The average Bonchev–Trinajstić information content (AvgIpc) is 3.32. The van der Waals surface area contributed by atoms with E-state index in [4.69, 9.17) is 0 Å². The highest BCUT2D eigenvalue weighted by atomic mass is 31.2. The Morgan fingerprint density at radius 1 is 0.312 bits per heavy atom. The molecule has 4 heteroatoms. The zero-order valence-electron chi connectivity index (χ0n) is 37.3. The van der Waals surface area contributed by atoms with Crippen molar-refractivity contribution in [3.05, 3.63) is 217 Å². The number of rotatable bonds is 7. The Labute approximate surface area is 377 Å². The second kappa shape index (κ2) is 15.7. The molecule has 0 spiro atoms. The van der Waals surface area contributed by atoms with E-state index in [1.807, 2.05) is 36.4 Å². The molecule has 2 atom stereocenters. The molecule has 0 aliphatic carbocycles. The lowest BCUT2D eigenvalue weighted by atomic mass is 9.87. The van der Waals surface area contributed by atoms with Gasteiger partial charge in [-0.1, -0.05) is 224 Å². The van der Waals surface area contributed by atoms with E-state index in [2.05, 4.69) is 211 Å². The second-order valence-corrected chi connectivity index (χ2v) is 24.7. The summed E-state index contributed by atoms with van der Waals surface area (Å²) in [6.07, 6.45) is 0. The van der Waals surface area contributed by atoms with Gasteiger partial charge in [0.25, 0.3) is 0 Å². The van der Waals surface area contributed by atoms with E-state index in [0.717, 1.165) is 86.0 Å². The molecule has 0 aliphatic heterocycles. The third kappa shape index (κ3) is 7.15. The van der Waals surface area contributed by atoms with Crippen LogP contribution in [0.25, 0.3) is 54.2 Å². The van der Waals surface area contributed by atoms with E-state index >= 15 is 9.13 Å². The van der Waals surface area contributed by atoms with Crippen molar-refractivity contribution in [2.45, 2.75) is 52.4 Å². The molecule has 0 amide bonds. The minimum absolute atomic E-state index is 0.0212. The van der Waals surface area contributed by atoms with Crippen LogP contribution < -0.4 is 31.8 Å². The van der Waals surface area contributed by atoms with Crippen LogP contribution in [0.3, 0.4) is 0 Å². The topological polar surface area (TPSA) is 34.1 Å². The maximum Gasteiger partial charge on any atom is 0.172 e. The van der Waals surface area contributed by atoms with Crippen LogP contribution in [-0.4, -0.2) is 0 Å². The minimum atomic E-state index is -3.41. The van der Waals surface area contributed by atoms with Crippen LogP contribution in [0.2, 0.25) is 0 Å². The fourth-order valence-electron chi connectivity index (χ4n) is 9.46. The van der Waals surface area contributed by atoms with Gasteiger partial charge in [-0.3, -0.25) is 0 Å². The molecule has 0 saturated heterocycles. The van der Waals surface area contributed by atoms with E-state index in [1.165, 1.54) is 11.1 Å². The van der Waals surface area contributed by atoms with Crippen LogP contribution in [-0.2, 0) is 20.0 Å². The van der Waals surface area contributed by atoms with Gasteiger partial charge in [0.15, 0.2) is 14.3 Å². The summed E-state index contributed by atoms with van der Waals surface area (Å²) in [5, 5.41) is 13.3. The maximum atomic E-state index is 16.4. The first kappa shape index (κ1) is 41.7. The Morgan fingerprint density at radius 3 is 1.38 bits per heavy atom. The van der Waals surface area contributed by atoms with Crippen molar-refractivity contribution in [3.63, 3.8) is 0 Å². The molecule has 10 aromatic carbocycles. The second-order valence-electron chi connectivity index (χ2n) is 19.3. The lowest BCUT2D eigenvalue weighted by Gasteiger charge is -2.25. The van der Waals surface area contributed by atoms with Gasteiger partial charge in [0.05, 0.1) is 0 Å². The minimum Gasteiger partial charge on any atom is -0.309 e. The average molecular weight is 867 g/mol. The summed E-state index contributed by atoms with van der Waals surface area (Å²) in [7, 11) is -6.70. The molecule has 10 rings (SSSR count). The van der Waals surface area contributed by atoms with Gasteiger partial charge in [0.1, 0.15) is 0 Å². The molecule has 2 unspecified atom stereocenters. The fraction of sp³-hybridized carbons (Fsp3) is 0.133. The van der Waals surface area contributed by atoms with Gasteiger partial charge >= 0.3 is 0 Å². The highest BCUT2D eigenvalue weighted by molar-refractivity contribution is 7.86. The molecule has 10 aromatic rings. The molecule has 64 heavy (non-hydrogen) atoms. The van der Waals surface area contributed by atoms with E-state index in [0.29, 0.717) is 0 Å². The summed E-state index contributed by atoms with van der Waals surface area (Å²) >= 11 is 0. The first-order valence-corrected chi connectivity index (χ1v) is 25.6. The Morgan fingerprint density at radius 2 is 0.750 bits per heavy atom. The Kier molecular flexibility index (Phi) is 10.3. The standard InChI is InChI=1S/C60H52O2P2/c1-59(2,3)47-26-32-49(33-27-47)63(61,51-30-24-41-14-7-8-16-43(41)39-51)52-31-25-44-38-46(23-22-45(44)40-52)53-36-37-58(56-20-12-11-19-55(53)56)64(62,50-34-28-48(29-35-50)60(4,5)6)57-21-13-17-42-15-9-10-18-54(42)57/h7-40H,1-6H3. The van der Waals surface area contributed by atoms with E-state index in [1.54, 1.807) is 0 Å². The summed E-state index contributed by atoms with van der Waals surface area (Å²) < 4.78 is 32.4. The first-order chi connectivity index (χ1) is 30.7. The number of hydrogen-bond donors (Lipinski definition) is 0. The van der Waals surface area contributed by atoms with Crippen molar-refractivity contribution in [3.8, 4) is 11.1 Å². The highest BCUT2D eigenvalue weighted by Crippen LogP contribution is 2.48. The van der Waals surface area contributed by atoms with Gasteiger partial charge in [0.2, 0.25) is 0 Å². The van der Waals surface area contributed by atoms with Crippen molar-refractivity contribution in [1.29, 1.82) is 0 Å². The van der Waals surface area contributed by atoms with Gasteiger partial charge < -0.3 is 9.13 Å². The third-order valence-corrected chi connectivity index (χ3v) is 19.3. The largest absolute Gasteiger partial charge is 0.309 e. The van der Waals surface area contributed by atoms with Gasteiger partial charge in [-0.15, -0.1) is 0 Å². The molecule has 0 fully saturated rings. The van der Waals surface area contributed by atoms with Gasteiger partial charge in [-0.2, -0.15) is 0 Å². The lowest BCUT2D eigenvalue weighted by molar-refractivity contribution is 0.589. The van der Waals surface area contributed by atoms with Crippen molar-refractivity contribution < 1.29 is 9.13 Å². The predicted molar refractivity (Wildman–Crippen MR) is 278 cm³/mol. The molecule has 314 valence electrons. The SMILES string of the molecule is CC(C)(C)c1ccc(P(=O)(c2ccc3ccccc3c2)c2ccc3cc(-c4ccc(P(=O)(c5ccc(C(C)(C)C)cc5)c5cccc6ccccc56)c5ccccc45)ccc3c2)cc1. The summed E-state index contributed by atoms with van der Waals surface area (Å²) in [6.45, 7) is 13.2. The maximum absolute atomic E-state index is 16.4. The van der Waals surface area contributed by atoms with Gasteiger partial charge in [-0.05, 0) is 100 Å². The molecular weight excluding hydrogens is 815 g/mol. The van der Waals surface area contributed by atoms with Crippen LogP contribution in [0.15, 0.2) is 206 Å². The zero-order valence-corrected chi connectivity index (χ0v) is 39.1. The van der Waals surface area contributed by atoms with Gasteiger partial charge in [-0.25, -0.2) is 0 Å². The Hall–Kier alpha value is -6.30. The smallest absolute Gasteiger partial charge is 0.172 e. The van der Waals surface area contributed by atoms with Crippen molar-refractivity contribution in [1.82, 2.24) is 0 Å². The number of fused-ring (bicyclic) bond motifs is 4. The quantitative estimate of drug-likeness (QED) is 0.150. The summed E-state index contributed by atoms with van der Waals surface area (Å²) in [4.78, 5) is 0. The van der Waals surface area contributed by atoms with Crippen molar-refractivity contribution >= 4 is 89.2 Å². The van der Waals surface area contributed by atoms with E-state index in [9.17, 15) is 0 Å². The molecular formula is C60H52O2P2. The van der Waals surface area contributed by atoms with Crippen LogP contribution >= 0.6 is 14.3 Å². The van der Waals surface area contributed by atoms with Crippen LogP contribution in [0.4, 0.5) is 0 Å². The van der Waals surface area contributed by atoms with Gasteiger partial charge in [0, 0.05) is 31.8 Å². The monoisotopic (exact) mass is 866 g/mol. The Balaban J connectivity index is 1.11. The number of benzene rings is 10. The molecule has 2 nitrogen and oxygen atoms in total. The number of hydrogen-bond acceptors (Lipinski definition) is 2. The normalized spacial score (nSPS) is 14.2.